The number of aromatic nitrogens is 3. The van der Waals surface area contributed by atoms with E-state index in [1.54, 1.807) is 11.3 Å². The molecule has 0 spiro atoms. The van der Waals surface area contributed by atoms with Gasteiger partial charge in [0.25, 0.3) is 0 Å². The molecule has 1 N–H and O–H groups in total. The zero-order chi connectivity index (χ0) is 22.8. The summed E-state index contributed by atoms with van der Waals surface area (Å²) in [7, 11) is 0. The summed E-state index contributed by atoms with van der Waals surface area (Å²) in [5.74, 6) is 1.35. The number of carbonyl (C=O) groups excluding carboxylic acids is 1. The molecule has 168 valence electrons. The van der Waals surface area contributed by atoms with Crippen LogP contribution in [-0.4, -0.2) is 46.1 Å². The molecule has 0 fully saturated rings. The highest BCUT2D eigenvalue weighted by Gasteiger charge is 2.32. The van der Waals surface area contributed by atoms with Gasteiger partial charge in [0.1, 0.15) is 16.9 Å². The maximum atomic E-state index is 12.7. The first kappa shape index (κ1) is 22.6. The zero-order valence-corrected chi connectivity index (χ0v) is 20.2. The van der Waals surface area contributed by atoms with Crippen molar-refractivity contribution in [1.29, 1.82) is 0 Å². The molecule has 1 aromatic carbocycles. The summed E-state index contributed by atoms with van der Waals surface area (Å²) in [5, 5.41) is 13.4. The molecule has 1 amide bonds. The SMILES string of the molecule is CCOCCNC(=O)CC1N=C(c2ccc(Cl)cc2)c2c(sc(C)c2C)-n2c(C)nnc21. The molecule has 3 heterocycles. The fourth-order valence-corrected chi connectivity index (χ4v) is 5.13. The summed E-state index contributed by atoms with van der Waals surface area (Å²) < 4.78 is 7.36. The molecular formula is C23H26ClN5O2S. The van der Waals surface area contributed by atoms with Crippen LogP contribution in [0.2, 0.25) is 5.02 Å². The number of rotatable bonds is 7. The van der Waals surface area contributed by atoms with Gasteiger partial charge in [0.05, 0.1) is 18.7 Å². The molecule has 32 heavy (non-hydrogen) atoms. The minimum Gasteiger partial charge on any atom is -0.380 e. The van der Waals surface area contributed by atoms with Gasteiger partial charge in [-0.3, -0.25) is 14.4 Å². The standard InChI is InChI=1S/C23H26ClN5O2S/c1-5-31-11-10-25-19(30)12-18-22-28-27-15(4)29(22)23-20(13(2)14(3)32-23)21(26-18)16-6-8-17(24)9-7-16/h6-9,18H,5,10-12H2,1-4H3,(H,25,30). The molecule has 0 saturated heterocycles. The third-order valence-corrected chi connectivity index (χ3v) is 6.95. The van der Waals surface area contributed by atoms with Crippen molar-refractivity contribution in [1.82, 2.24) is 20.1 Å². The van der Waals surface area contributed by atoms with Gasteiger partial charge in [0.2, 0.25) is 5.91 Å². The van der Waals surface area contributed by atoms with Gasteiger partial charge in [-0.05, 0) is 45.4 Å². The van der Waals surface area contributed by atoms with Crippen molar-refractivity contribution < 1.29 is 9.53 Å². The molecule has 1 atom stereocenters. The molecule has 1 aliphatic heterocycles. The average molecular weight is 472 g/mol. The fourth-order valence-electron chi connectivity index (χ4n) is 3.79. The van der Waals surface area contributed by atoms with Crippen LogP contribution in [0.1, 0.15) is 52.6 Å². The van der Waals surface area contributed by atoms with E-state index in [1.165, 1.54) is 10.4 Å². The summed E-state index contributed by atoms with van der Waals surface area (Å²) in [4.78, 5) is 19.0. The minimum atomic E-state index is -0.465. The van der Waals surface area contributed by atoms with Gasteiger partial charge in [0.15, 0.2) is 5.82 Å². The molecule has 0 radical (unpaired) electrons. The van der Waals surface area contributed by atoms with Crippen molar-refractivity contribution in [3.63, 3.8) is 0 Å². The Balaban J connectivity index is 1.79. The van der Waals surface area contributed by atoms with Crippen molar-refractivity contribution in [2.45, 2.75) is 40.2 Å². The van der Waals surface area contributed by atoms with E-state index in [9.17, 15) is 4.79 Å². The number of hydrogen-bond donors (Lipinski definition) is 1. The number of fused-ring (bicyclic) bond motifs is 3. The van der Waals surface area contributed by atoms with Crippen LogP contribution < -0.4 is 5.32 Å². The Hall–Kier alpha value is -2.55. The van der Waals surface area contributed by atoms with Gasteiger partial charge in [-0.1, -0.05) is 23.7 Å². The number of amides is 1. The number of thiophene rings is 1. The molecule has 4 rings (SSSR count). The topological polar surface area (TPSA) is 81.4 Å². The highest BCUT2D eigenvalue weighted by atomic mass is 35.5. The highest BCUT2D eigenvalue weighted by Crippen LogP contribution is 2.39. The lowest BCUT2D eigenvalue weighted by Gasteiger charge is -2.13. The van der Waals surface area contributed by atoms with E-state index in [0.29, 0.717) is 30.6 Å². The van der Waals surface area contributed by atoms with Crippen LogP contribution in [0.4, 0.5) is 0 Å². The first-order valence-corrected chi connectivity index (χ1v) is 11.8. The van der Waals surface area contributed by atoms with Gasteiger partial charge in [-0.15, -0.1) is 21.5 Å². The normalized spacial score (nSPS) is 15.0. The minimum absolute atomic E-state index is 0.0979. The molecular weight excluding hydrogens is 446 g/mol. The summed E-state index contributed by atoms with van der Waals surface area (Å²) in [6.45, 7) is 9.64. The Kier molecular flexibility index (Phi) is 6.74. The Morgan fingerprint density at radius 1 is 1.22 bits per heavy atom. The second-order valence-electron chi connectivity index (χ2n) is 7.66. The van der Waals surface area contributed by atoms with Gasteiger partial charge < -0.3 is 10.1 Å². The lowest BCUT2D eigenvalue weighted by Crippen LogP contribution is -2.28. The van der Waals surface area contributed by atoms with Gasteiger partial charge in [0, 0.05) is 34.2 Å². The first-order valence-electron chi connectivity index (χ1n) is 10.6. The summed E-state index contributed by atoms with van der Waals surface area (Å²) in [5.41, 5.74) is 4.02. The molecule has 0 bridgehead atoms. The number of nitrogens with zero attached hydrogens (tertiary/aromatic N) is 4. The molecule has 2 aromatic heterocycles. The predicted molar refractivity (Wildman–Crippen MR) is 127 cm³/mol. The van der Waals surface area contributed by atoms with Crippen LogP contribution in [-0.2, 0) is 9.53 Å². The predicted octanol–water partition coefficient (Wildman–Crippen LogP) is 4.34. The number of aryl methyl sites for hydroxylation is 2. The lowest BCUT2D eigenvalue weighted by molar-refractivity contribution is -0.121. The van der Waals surface area contributed by atoms with E-state index in [1.807, 2.05) is 42.7 Å². The van der Waals surface area contributed by atoms with E-state index < -0.39 is 6.04 Å². The largest absolute Gasteiger partial charge is 0.380 e. The molecule has 0 saturated carbocycles. The average Bonchev–Trinajstić information content (AvgIpc) is 3.24. The van der Waals surface area contributed by atoms with Crippen LogP contribution >= 0.6 is 22.9 Å². The third kappa shape index (κ3) is 4.35. The van der Waals surface area contributed by atoms with Crippen LogP contribution in [0.5, 0.6) is 0 Å². The van der Waals surface area contributed by atoms with E-state index in [4.69, 9.17) is 21.3 Å². The van der Waals surface area contributed by atoms with E-state index in [0.717, 1.165) is 27.7 Å². The maximum Gasteiger partial charge on any atom is 0.222 e. The summed E-state index contributed by atoms with van der Waals surface area (Å²) in [6.07, 6.45) is 0.175. The van der Waals surface area contributed by atoms with Gasteiger partial charge in [-0.25, -0.2) is 0 Å². The highest BCUT2D eigenvalue weighted by molar-refractivity contribution is 7.15. The van der Waals surface area contributed by atoms with E-state index in [2.05, 4.69) is 29.4 Å². The van der Waals surface area contributed by atoms with Crippen molar-refractivity contribution in [2.24, 2.45) is 4.99 Å². The van der Waals surface area contributed by atoms with Crippen LogP contribution in [0.15, 0.2) is 29.3 Å². The molecule has 1 aliphatic rings. The molecule has 0 aliphatic carbocycles. The van der Waals surface area contributed by atoms with Crippen molar-refractivity contribution in [3.8, 4) is 5.00 Å². The second-order valence-corrected chi connectivity index (χ2v) is 9.30. The van der Waals surface area contributed by atoms with Crippen molar-refractivity contribution in [2.75, 3.05) is 19.8 Å². The number of hydrogen-bond acceptors (Lipinski definition) is 6. The number of carbonyl (C=O) groups is 1. The maximum absolute atomic E-state index is 12.7. The first-order chi connectivity index (χ1) is 15.4. The Bertz CT molecular complexity index is 1170. The lowest BCUT2D eigenvalue weighted by atomic mass is 9.99. The van der Waals surface area contributed by atoms with E-state index >= 15 is 0 Å². The van der Waals surface area contributed by atoms with Crippen LogP contribution in [0.25, 0.3) is 5.00 Å². The number of halogens is 1. The number of aliphatic imine (C=N–C) groups is 1. The number of benzene rings is 1. The Labute approximate surface area is 196 Å². The van der Waals surface area contributed by atoms with Gasteiger partial charge >= 0.3 is 0 Å². The number of nitrogens with one attached hydrogen (secondary N) is 1. The van der Waals surface area contributed by atoms with Crippen LogP contribution in [0, 0.1) is 20.8 Å². The van der Waals surface area contributed by atoms with Crippen molar-refractivity contribution >= 4 is 34.6 Å². The third-order valence-electron chi connectivity index (χ3n) is 5.51. The Morgan fingerprint density at radius 2 is 1.97 bits per heavy atom. The number of ether oxygens (including phenoxy) is 1. The Morgan fingerprint density at radius 3 is 2.69 bits per heavy atom. The van der Waals surface area contributed by atoms with Crippen LogP contribution in [0.3, 0.4) is 0 Å². The zero-order valence-electron chi connectivity index (χ0n) is 18.6. The molecule has 9 heteroatoms. The summed E-state index contributed by atoms with van der Waals surface area (Å²) >= 11 is 7.83. The molecule has 1 unspecified atom stereocenters. The van der Waals surface area contributed by atoms with Gasteiger partial charge in [-0.2, -0.15) is 0 Å². The van der Waals surface area contributed by atoms with Crippen molar-refractivity contribution in [3.05, 3.63) is 62.5 Å². The smallest absolute Gasteiger partial charge is 0.222 e. The molecule has 7 nitrogen and oxygen atoms in total. The van der Waals surface area contributed by atoms with E-state index in [-0.39, 0.29) is 12.3 Å². The molecule has 3 aromatic rings. The monoisotopic (exact) mass is 471 g/mol. The second kappa shape index (κ2) is 9.52. The fraction of sp³-hybridized carbons (Fsp3) is 0.391. The summed E-state index contributed by atoms with van der Waals surface area (Å²) in [6, 6.07) is 7.19. The quantitative estimate of drug-likeness (QED) is 0.519.